The summed E-state index contributed by atoms with van der Waals surface area (Å²) in [5.74, 6) is -1.51. The predicted molar refractivity (Wildman–Crippen MR) is 202 cm³/mol. The van der Waals surface area contributed by atoms with Gasteiger partial charge >= 0.3 is 11.9 Å². The van der Waals surface area contributed by atoms with Crippen LogP contribution in [0.1, 0.15) is 82.8 Å². The second-order valence-corrected chi connectivity index (χ2v) is 15.6. The van der Waals surface area contributed by atoms with E-state index in [0.717, 1.165) is 41.6 Å². The van der Waals surface area contributed by atoms with Gasteiger partial charge in [-0.1, -0.05) is 55.0 Å². The second-order valence-electron chi connectivity index (χ2n) is 15.6. The topological polar surface area (TPSA) is 148 Å². The number of carbonyl (C=O) groups is 6. The Morgan fingerprint density at radius 3 is 2.33 bits per heavy atom. The highest BCUT2D eigenvalue weighted by Crippen LogP contribution is 2.67. The van der Waals surface area contributed by atoms with Crippen LogP contribution < -0.4 is 15.5 Å². The first kappa shape index (κ1) is 38.7. The van der Waals surface area contributed by atoms with E-state index in [1.807, 2.05) is 48.5 Å². The molecule has 4 aliphatic carbocycles. The number of carbonyl (C=O) groups excluding carboxylic acids is 6. The highest BCUT2D eigenvalue weighted by atomic mass is 16.6. The molecule has 0 spiro atoms. The van der Waals surface area contributed by atoms with Gasteiger partial charge in [-0.25, -0.2) is 4.79 Å². The van der Waals surface area contributed by atoms with Crippen molar-refractivity contribution in [2.24, 2.45) is 17.3 Å². The molecule has 0 unspecified atom stereocenters. The molecule has 286 valence electrons. The van der Waals surface area contributed by atoms with Crippen molar-refractivity contribution in [2.75, 3.05) is 32.1 Å². The molecular formula is C43H51N3O8. The summed E-state index contributed by atoms with van der Waals surface area (Å²) in [7, 11) is 3.06. The number of ether oxygens (including phenoxy) is 2. The lowest BCUT2D eigenvalue weighted by Crippen LogP contribution is -2.57. The summed E-state index contributed by atoms with van der Waals surface area (Å²) >= 11 is 0. The summed E-state index contributed by atoms with van der Waals surface area (Å²) in [6.07, 6.45) is 6.91. The number of fused-ring (bicyclic) bond motifs is 4. The quantitative estimate of drug-likeness (QED) is 0.290. The van der Waals surface area contributed by atoms with Crippen LogP contribution in [-0.2, 0) is 44.7 Å². The maximum Gasteiger partial charge on any atom is 0.328 e. The highest BCUT2D eigenvalue weighted by molar-refractivity contribution is 5.93. The Balaban J connectivity index is 1.17. The minimum absolute atomic E-state index is 0.0106. The number of amides is 2. The van der Waals surface area contributed by atoms with Gasteiger partial charge in [0.2, 0.25) is 11.8 Å². The van der Waals surface area contributed by atoms with Crippen molar-refractivity contribution in [1.29, 1.82) is 0 Å². The molecule has 2 amide bonds. The van der Waals surface area contributed by atoms with Crippen LogP contribution in [0.25, 0.3) is 0 Å². The predicted octanol–water partition coefficient (Wildman–Crippen LogP) is 4.93. The number of hydrogen-bond acceptors (Lipinski definition) is 9. The van der Waals surface area contributed by atoms with E-state index in [4.69, 9.17) is 9.47 Å². The van der Waals surface area contributed by atoms with Gasteiger partial charge in [0.1, 0.15) is 6.04 Å². The molecule has 0 aromatic heterocycles. The number of ketones is 2. The number of likely N-dealkylation sites (N-methyl/N-ethyl adjacent to an activating group) is 1. The minimum Gasteiger partial charge on any atom is -0.467 e. The van der Waals surface area contributed by atoms with Crippen LogP contribution in [0.2, 0.25) is 0 Å². The maximum absolute atomic E-state index is 13.5. The lowest BCUT2D eigenvalue weighted by atomic mass is 9.50. The molecule has 4 aliphatic rings. The number of allylic oxidation sites excluding steroid dienone is 4. The number of nitrogens with one attached hydrogen (secondary N) is 2. The first-order valence-corrected chi connectivity index (χ1v) is 18.9. The summed E-state index contributed by atoms with van der Waals surface area (Å²) in [4.78, 5) is 78.2. The molecule has 2 N–H and O–H groups in total. The van der Waals surface area contributed by atoms with Crippen molar-refractivity contribution < 1.29 is 38.2 Å². The lowest BCUT2D eigenvalue weighted by molar-refractivity contribution is -0.182. The van der Waals surface area contributed by atoms with Crippen molar-refractivity contribution in [1.82, 2.24) is 10.6 Å². The van der Waals surface area contributed by atoms with E-state index in [1.165, 1.54) is 25.2 Å². The summed E-state index contributed by atoms with van der Waals surface area (Å²) in [5.41, 5.74) is 4.74. The maximum atomic E-state index is 13.5. The van der Waals surface area contributed by atoms with Gasteiger partial charge < -0.3 is 25.0 Å². The zero-order valence-corrected chi connectivity index (χ0v) is 31.9. The van der Waals surface area contributed by atoms with E-state index in [1.54, 1.807) is 18.9 Å². The van der Waals surface area contributed by atoms with Crippen molar-refractivity contribution in [3.8, 4) is 0 Å². The molecule has 6 rings (SSSR count). The smallest absolute Gasteiger partial charge is 0.328 e. The van der Waals surface area contributed by atoms with Gasteiger partial charge in [-0.2, -0.15) is 0 Å². The summed E-state index contributed by atoms with van der Waals surface area (Å²) in [5, 5.41) is 5.31. The van der Waals surface area contributed by atoms with Crippen molar-refractivity contribution in [3.05, 3.63) is 88.5 Å². The average Bonchev–Trinajstić information content (AvgIpc) is 3.45. The van der Waals surface area contributed by atoms with Gasteiger partial charge in [0.25, 0.3) is 0 Å². The number of Topliss-reactive ketones (excluding diaryl/α,β-unsaturated/α-hetero) is 1. The Bertz CT molecular complexity index is 1890. The van der Waals surface area contributed by atoms with Gasteiger partial charge in [0.15, 0.2) is 17.2 Å². The Morgan fingerprint density at radius 2 is 1.67 bits per heavy atom. The van der Waals surface area contributed by atoms with E-state index < -0.39 is 34.9 Å². The van der Waals surface area contributed by atoms with Crippen molar-refractivity contribution in [2.45, 2.75) is 89.7 Å². The van der Waals surface area contributed by atoms with Crippen LogP contribution in [0.5, 0.6) is 0 Å². The first-order chi connectivity index (χ1) is 25.8. The van der Waals surface area contributed by atoms with Crippen LogP contribution in [0.3, 0.4) is 0 Å². The molecule has 0 aliphatic heterocycles. The number of nitrogens with zero attached hydrogens (tertiary/aromatic N) is 1. The minimum atomic E-state index is -1.19. The van der Waals surface area contributed by atoms with E-state index >= 15 is 0 Å². The SMILES string of the molecule is COC(=O)[C@H](Cc1ccccc1)NC(=O)CNC(=O)CN(C)c1ccc([C@H]2C[C@@]3(C)[C@@H](CC[C@]3(OC(C)=O)C(C)=O)[C@@H]3CCC4=CC(=O)CCC4=C32)cc1. The van der Waals surface area contributed by atoms with Gasteiger partial charge in [0, 0.05) is 43.8 Å². The molecule has 2 aromatic rings. The molecular weight excluding hydrogens is 686 g/mol. The number of esters is 2. The molecule has 0 bridgehead atoms. The first-order valence-electron chi connectivity index (χ1n) is 18.9. The summed E-state index contributed by atoms with van der Waals surface area (Å²) < 4.78 is 10.9. The van der Waals surface area contributed by atoms with E-state index in [2.05, 4.69) is 29.7 Å². The van der Waals surface area contributed by atoms with Crippen molar-refractivity contribution >= 4 is 41.0 Å². The van der Waals surface area contributed by atoms with Gasteiger partial charge in [-0.15, -0.1) is 0 Å². The Kier molecular flexibility index (Phi) is 11.3. The largest absolute Gasteiger partial charge is 0.467 e. The fourth-order valence-corrected chi connectivity index (χ4v) is 9.94. The van der Waals surface area contributed by atoms with Gasteiger partial charge in [-0.05, 0) is 97.8 Å². The second kappa shape index (κ2) is 15.7. The van der Waals surface area contributed by atoms with Crippen LogP contribution in [0.4, 0.5) is 5.69 Å². The van der Waals surface area contributed by atoms with Crippen LogP contribution >= 0.6 is 0 Å². The van der Waals surface area contributed by atoms with Crippen LogP contribution in [0.15, 0.2) is 77.4 Å². The molecule has 54 heavy (non-hydrogen) atoms. The summed E-state index contributed by atoms with van der Waals surface area (Å²) in [6.45, 7) is 4.75. The molecule has 11 nitrogen and oxygen atoms in total. The van der Waals surface area contributed by atoms with Gasteiger partial charge in [0.05, 0.1) is 20.2 Å². The molecule has 6 atom stereocenters. The van der Waals surface area contributed by atoms with Crippen LogP contribution in [-0.4, -0.2) is 74.2 Å². The number of benzene rings is 2. The molecule has 11 heteroatoms. The monoisotopic (exact) mass is 737 g/mol. The third-order valence-electron chi connectivity index (χ3n) is 12.4. The van der Waals surface area contributed by atoms with Crippen LogP contribution in [0, 0.1) is 17.3 Å². The fourth-order valence-electron chi connectivity index (χ4n) is 9.94. The molecule has 0 heterocycles. The Morgan fingerprint density at radius 1 is 0.944 bits per heavy atom. The number of rotatable bonds is 12. The third-order valence-corrected chi connectivity index (χ3v) is 12.4. The molecule has 0 radical (unpaired) electrons. The normalized spacial score (nSPS) is 26.3. The third kappa shape index (κ3) is 7.50. The zero-order valence-electron chi connectivity index (χ0n) is 31.9. The molecule has 2 aromatic carbocycles. The Hall–Kier alpha value is -5.06. The number of hydrogen-bond donors (Lipinski definition) is 2. The highest BCUT2D eigenvalue weighted by Gasteiger charge is 2.67. The number of methoxy groups -OCH3 is 1. The van der Waals surface area contributed by atoms with E-state index in [-0.39, 0.29) is 54.7 Å². The molecule has 0 saturated heterocycles. The average molecular weight is 738 g/mol. The molecule has 2 fully saturated rings. The fraction of sp³-hybridized carbons (Fsp3) is 0.488. The molecule has 2 saturated carbocycles. The standard InChI is InChI=1S/C43H51N3O8/c1-26(47)43(54-27(2)48)20-19-36-34-17-13-30-22-32(49)16-18-33(30)40(34)35(23-42(36,43)3)29-11-14-31(15-12-29)46(4)25-39(51)44-24-38(50)45-37(41(52)53-5)21-28-9-7-6-8-10-28/h6-12,14-15,22,34-37H,13,16-21,23-25H2,1-5H3,(H,44,51)(H,45,50)/t34-,35+,36-,37-,42-,43-/m0/s1. The number of anilines is 1. The van der Waals surface area contributed by atoms with E-state index in [0.29, 0.717) is 25.7 Å². The van der Waals surface area contributed by atoms with E-state index in [9.17, 15) is 28.8 Å². The lowest BCUT2D eigenvalue weighted by Gasteiger charge is -2.55. The Labute approximate surface area is 316 Å². The summed E-state index contributed by atoms with van der Waals surface area (Å²) in [6, 6.07) is 16.5. The van der Waals surface area contributed by atoms with Gasteiger partial charge in [-0.3, -0.25) is 24.0 Å². The zero-order chi connectivity index (χ0) is 38.8. The van der Waals surface area contributed by atoms with Crippen molar-refractivity contribution in [3.63, 3.8) is 0 Å².